The molecule has 4 saturated carbocycles. The quantitative estimate of drug-likeness (QED) is 0.444. The van der Waals surface area contributed by atoms with E-state index in [4.69, 9.17) is 19.5 Å². The highest BCUT2D eigenvalue weighted by Crippen LogP contribution is 2.55. The fraction of sp³-hybridized carbons (Fsp3) is 0.520. The van der Waals surface area contributed by atoms with Gasteiger partial charge in [0, 0.05) is 11.6 Å². The van der Waals surface area contributed by atoms with E-state index >= 15 is 0 Å². The largest absolute Gasteiger partial charge is 0.493 e. The number of carbonyl (C=O) groups is 3. The number of nitriles is 1. The highest BCUT2D eigenvalue weighted by molar-refractivity contribution is 5.96. The minimum Gasteiger partial charge on any atom is -0.493 e. The van der Waals surface area contributed by atoms with E-state index in [2.05, 4.69) is 10.6 Å². The van der Waals surface area contributed by atoms with Crippen molar-refractivity contribution in [2.45, 2.75) is 44.1 Å². The highest BCUT2D eigenvalue weighted by Gasteiger charge is 2.51. The second-order valence-electron chi connectivity index (χ2n) is 9.50. The molecular weight excluding hydrogens is 438 g/mol. The Hall–Kier alpha value is -3.54. The van der Waals surface area contributed by atoms with Crippen LogP contribution in [0.3, 0.4) is 0 Å². The molecule has 180 valence electrons. The van der Waals surface area contributed by atoms with E-state index in [-0.39, 0.29) is 12.1 Å². The highest BCUT2D eigenvalue weighted by atomic mass is 16.5. The molecule has 0 aliphatic heterocycles. The van der Waals surface area contributed by atoms with Gasteiger partial charge in [0.1, 0.15) is 6.07 Å². The van der Waals surface area contributed by atoms with Crippen LogP contribution < -0.4 is 20.1 Å². The number of carbonyl (C=O) groups excluding carboxylic acids is 3. The van der Waals surface area contributed by atoms with Gasteiger partial charge in [-0.15, -0.1) is 0 Å². The molecule has 34 heavy (non-hydrogen) atoms. The summed E-state index contributed by atoms with van der Waals surface area (Å²) in [6.07, 6.45) is 9.40. The van der Waals surface area contributed by atoms with Crippen molar-refractivity contribution in [2.75, 3.05) is 20.3 Å². The van der Waals surface area contributed by atoms with Gasteiger partial charge in [-0.1, -0.05) is 6.07 Å². The molecule has 9 nitrogen and oxygen atoms in total. The number of methoxy groups -OCH3 is 1. The predicted molar refractivity (Wildman–Crippen MR) is 122 cm³/mol. The molecule has 4 bridgehead atoms. The maximum absolute atomic E-state index is 12.4. The number of nitrogens with zero attached hydrogens (tertiary/aromatic N) is 1. The summed E-state index contributed by atoms with van der Waals surface area (Å²) in [4.78, 5) is 36.5. The van der Waals surface area contributed by atoms with E-state index in [1.807, 2.05) is 6.07 Å². The zero-order valence-corrected chi connectivity index (χ0v) is 19.2. The van der Waals surface area contributed by atoms with Crippen LogP contribution in [0.5, 0.6) is 11.5 Å². The van der Waals surface area contributed by atoms with E-state index in [0.717, 1.165) is 19.3 Å². The second kappa shape index (κ2) is 10.2. The molecule has 0 heterocycles. The standard InChI is InChI=1S/C25H29N3O6/c1-32-21-11-16(2-4-20(21)33-7-6-26)3-5-23(30)34-15-22(29)27-24(31)28-25-12-17-8-18(13-25)10-19(9-17)14-25/h2-5,11,17-19H,7-10,12-15H2,1H3,(H2,27,28,29,31)/b5-3+. The fourth-order valence-electron chi connectivity index (χ4n) is 6.06. The summed E-state index contributed by atoms with van der Waals surface area (Å²) in [7, 11) is 1.47. The Balaban J connectivity index is 1.22. The monoisotopic (exact) mass is 467 g/mol. The molecule has 0 unspecified atom stereocenters. The van der Waals surface area contributed by atoms with Gasteiger partial charge in [0.25, 0.3) is 5.91 Å². The van der Waals surface area contributed by atoms with Crippen molar-refractivity contribution in [3.63, 3.8) is 0 Å². The lowest BCUT2D eigenvalue weighted by molar-refractivity contribution is -0.143. The summed E-state index contributed by atoms with van der Waals surface area (Å²) in [6.45, 7) is -0.664. The Morgan fingerprint density at radius 2 is 1.79 bits per heavy atom. The third-order valence-corrected chi connectivity index (χ3v) is 6.91. The van der Waals surface area contributed by atoms with Gasteiger partial charge in [0.2, 0.25) is 0 Å². The first-order valence-corrected chi connectivity index (χ1v) is 11.5. The number of hydrogen-bond acceptors (Lipinski definition) is 7. The Morgan fingerprint density at radius 3 is 2.41 bits per heavy atom. The SMILES string of the molecule is COc1cc(/C=C/C(=O)OCC(=O)NC(=O)NC23CC4CC(CC(C4)C2)C3)ccc1OCC#N. The van der Waals surface area contributed by atoms with E-state index in [1.165, 1.54) is 38.5 Å². The second-order valence-corrected chi connectivity index (χ2v) is 9.50. The van der Waals surface area contributed by atoms with Gasteiger partial charge >= 0.3 is 12.0 Å². The van der Waals surface area contributed by atoms with Gasteiger partial charge in [0.05, 0.1) is 7.11 Å². The van der Waals surface area contributed by atoms with E-state index in [1.54, 1.807) is 18.2 Å². The molecule has 5 rings (SSSR count). The number of esters is 1. The molecular formula is C25H29N3O6. The third kappa shape index (κ3) is 5.68. The van der Waals surface area contributed by atoms with Gasteiger partial charge in [-0.05, 0) is 80.1 Å². The molecule has 1 aromatic carbocycles. The number of urea groups is 1. The van der Waals surface area contributed by atoms with E-state index < -0.39 is 24.5 Å². The molecule has 1 aromatic rings. The van der Waals surface area contributed by atoms with Crippen LogP contribution in [0.15, 0.2) is 24.3 Å². The molecule has 4 fully saturated rings. The first kappa shape index (κ1) is 23.6. The summed E-state index contributed by atoms with van der Waals surface area (Å²) in [5.74, 6) is 1.45. The molecule has 2 N–H and O–H groups in total. The summed E-state index contributed by atoms with van der Waals surface area (Å²) in [6, 6.07) is 6.30. The maximum atomic E-state index is 12.4. The van der Waals surface area contributed by atoms with Crippen LogP contribution in [-0.2, 0) is 14.3 Å². The van der Waals surface area contributed by atoms with E-state index in [0.29, 0.717) is 34.8 Å². The minimum atomic E-state index is -0.722. The predicted octanol–water partition coefficient (Wildman–Crippen LogP) is 2.95. The zero-order chi connectivity index (χ0) is 24.1. The van der Waals surface area contributed by atoms with Gasteiger partial charge in [-0.2, -0.15) is 5.26 Å². The molecule has 3 amide bonds. The van der Waals surface area contributed by atoms with Crippen LogP contribution in [0.1, 0.15) is 44.1 Å². The van der Waals surface area contributed by atoms with Crippen LogP contribution in [0.2, 0.25) is 0 Å². The number of nitrogens with one attached hydrogen (secondary N) is 2. The topological polar surface area (TPSA) is 127 Å². The lowest BCUT2D eigenvalue weighted by Gasteiger charge is -2.56. The van der Waals surface area contributed by atoms with Gasteiger partial charge < -0.3 is 19.5 Å². The van der Waals surface area contributed by atoms with Crippen LogP contribution >= 0.6 is 0 Å². The fourth-order valence-corrected chi connectivity index (χ4v) is 6.06. The van der Waals surface area contributed by atoms with Crippen molar-refractivity contribution in [2.24, 2.45) is 17.8 Å². The first-order chi connectivity index (χ1) is 16.4. The average Bonchev–Trinajstić information content (AvgIpc) is 2.78. The maximum Gasteiger partial charge on any atom is 0.331 e. The summed E-state index contributed by atoms with van der Waals surface area (Å²) < 4.78 is 15.4. The summed E-state index contributed by atoms with van der Waals surface area (Å²) in [5.41, 5.74) is 0.437. The number of imide groups is 1. The van der Waals surface area contributed by atoms with Gasteiger partial charge in [0.15, 0.2) is 24.7 Å². The van der Waals surface area contributed by atoms with Crippen LogP contribution in [0, 0.1) is 29.1 Å². The average molecular weight is 468 g/mol. The number of benzene rings is 1. The molecule has 0 saturated heterocycles. The summed E-state index contributed by atoms with van der Waals surface area (Å²) >= 11 is 0. The van der Waals surface area contributed by atoms with Gasteiger partial charge in [-0.25, -0.2) is 9.59 Å². The van der Waals surface area contributed by atoms with Gasteiger partial charge in [-0.3, -0.25) is 10.1 Å². The van der Waals surface area contributed by atoms with Crippen LogP contribution in [-0.4, -0.2) is 43.8 Å². The van der Waals surface area contributed by atoms with Crippen molar-refractivity contribution in [1.29, 1.82) is 5.26 Å². The Morgan fingerprint density at radius 1 is 1.12 bits per heavy atom. The molecule has 0 atom stereocenters. The van der Waals surface area contributed by atoms with Crippen LogP contribution in [0.25, 0.3) is 6.08 Å². The lowest BCUT2D eigenvalue weighted by Crippen LogP contribution is -2.62. The van der Waals surface area contributed by atoms with Crippen LogP contribution in [0.4, 0.5) is 4.79 Å². The Labute approximate surface area is 198 Å². The lowest BCUT2D eigenvalue weighted by atomic mass is 9.53. The number of ether oxygens (including phenoxy) is 3. The Kier molecular flexibility index (Phi) is 7.06. The van der Waals surface area contributed by atoms with Crippen molar-refractivity contribution in [3.05, 3.63) is 29.8 Å². The van der Waals surface area contributed by atoms with Crippen molar-refractivity contribution >= 4 is 24.0 Å². The Bertz CT molecular complexity index is 993. The molecule has 9 heteroatoms. The molecule has 0 aromatic heterocycles. The molecule has 0 spiro atoms. The van der Waals surface area contributed by atoms with Crippen molar-refractivity contribution < 1.29 is 28.6 Å². The molecule has 4 aliphatic rings. The summed E-state index contributed by atoms with van der Waals surface area (Å²) in [5, 5.41) is 14.0. The van der Waals surface area contributed by atoms with E-state index in [9.17, 15) is 14.4 Å². The number of rotatable bonds is 8. The number of hydrogen-bond donors (Lipinski definition) is 2. The zero-order valence-electron chi connectivity index (χ0n) is 19.2. The molecule has 0 radical (unpaired) electrons. The minimum absolute atomic E-state index is 0.111. The molecule has 4 aliphatic carbocycles. The third-order valence-electron chi connectivity index (χ3n) is 6.91. The smallest absolute Gasteiger partial charge is 0.331 e. The number of amides is 3. The normalized spacial score (nSPS) is 26.5. The van der Waals surface area contributed by atoms with Crippen molar-refractivity contribution in [1.82, 2.24) is 10.6 Å². The van der Waals surface area contributed by atoms with Crippen molar-refractivity contribution in [3.8, 4) is 17.6 Å². The first-order valence-electron chi connectivity index (χ1n) is 11.5.